The summed E-state index contributed by atoms with van der Waals surface area (Å²) in [7, 11) is 0. The molecule has 0 radical (unpaired) electrons. The molecule has 5 nitrogen and oxygen atoms in total. The van der Waals surface area contributed by atoms with Crippen LogP contribution >= 0.6 is 11.3 Å². The number of amides is 1. The van der Waals surface area contributed by atoms with E-state index in [9.17, 15) is 9.59 Å². The zero-order valence-corrected chi connectivity index (χ0v) is 14.9. The van der Waals surface area contributed by atoms with Crippen LogP contribution in [-0.4, -0.2) is 15.9 Å². The van der Waals surface area contributed by atoms with Gasteiger partial charge in [-0.2, -0.15) is 0 Å². The maximum atomic E-state index is 12.6. The van der Waals surface area contributed by atoms with Crippen LogP contribution in [0.3, 0.4) is 0 Å². The molecule has 6 heteroatoms. The fraction of sp³-hybridized carbons (Fsp3) is 0.500. The molecule has 128 valence electrons. The second-order valence-corrected chi connectivity index (χ2v) is 7.48. The lowest BCUT2D eigenvalue weighted by molar-refractivity contribution is -0.121. The van der Waals surface area contributed by atoms with Crippen molar-refractivity contribution in [1.29, 1.82) is 0 Å². The third-order valence-electron chi connectivity index (χ3n) is 4.72. The highest BCUT2D eigenvalue weighted by molar-refractivity contribution is 7.10. The van der Waals surface area contributed by atoms with Crippen molar-refractivity contribution < 1.29 is 4.79 Å². The largest absolute Gasteiger partial charge is 0.348 e. The highest BCUT2D eigenvalue weighted by Crippen LogP contribution is 2.37. The number of aryl methyl sites for hydroxylation is 2. The van der Waals surface area contributed by atoms with E-state index in [0.29, 0.717) is 23.0 Å². The van der Waals surface area contributed by atoms with Gasteiger partial charge in [-0.05, 0) is 44.1 Å². The highest BCUT2D eigenvalue weighted by Gasteiger charge is 2.28. The number of nitrogens with zero attached hydrogens (tertiary/aromatic N) is 1. The summed E-state index contributed by atoms with van der Waals surface area (Å²) in [5.41, 5.74) is 0.859. The van der Waals surface area contributed by atoms with Crippen molar-refractivity contribution >= 4 is 17.2 Å². The van der Waals surface area contributed by atoms with E-state index in [1.165, 1.54) is 17.7 Å². The number of rotatable bonds is 5. The van der Waals surface area contributed by atoms with E-state index < -0.39 is 0 Å². The first-order valence-corrected chi connectivity index (χ1v) is 9.31. The normalized spacial score (nSPS) is 16.2. The molecule has 2 N–H and O–H groups in total. The number of hydrogen-bond donors (Lipinski definition) is 2. The van der Waals surface area contributed by atoms with E-state index >= 15 is 0 Å². The van der Waals surface area contributed by atoms with Gasteiger partial charge in [0, 0.05) is 16.1 Å². The molecule has 0 aliphatic heterocycles. The lowest BCUT2D eigenvalue weighted by atomic mass is 9.96. The van der Waals surface area contributed by atoms with Crippen molar-refractivity contribution in [3.05, 3.63) is 49.8 Å². The summed E-state index contributed by atoms with van der Waals surface area (Å²) in [6.07, 6.45) is 4.82. The van der Waals surface area contributed by atoms with Crippen LogP contribution in [0.25, 0.3) is 0 Å². The van der Waals surface area contributed by atoms with Crippen molar-refractivity contribution in [2.24, 2.45) is 5.92 Å². The molecule has 24 heavy (non-hydrogen) atoms. The Morgan fingerprint density at radius 3 is 2.79 bits per heavy atom. The Morgan fingerprint density at radius 1 is 1.42 bits per heavy atom. The molecule has 1 amide bonds. The standard InChI is InChI=1S/C18H23N3O2S/c1-11-14(18(23)20-12(2)19-11)10-16(22)21-17(13-6-3-4-7-13)15-8-5-9-24-15/h5,8-9,13,17H,3-4,6-7,10H2,1-2H3,(H,21,22)(H,19,20,23)/t17-/m0/s1. The molecule has 0 spiro atoms. The molecule has 1 aliphatic rings. The molecule has 1 fully saturated rings. The maximum Gasteiger partial charge on any atom is 0.254 e. The average Bonchev–Trinajstić information content (AvgIpc) is 3.21. The molecule has 3 rings (SSSR count). The van der Waals surface area contributed by atoms with Gasteiger partial charge in [0.15, 0.2) is 0 Å². The predicted octanol–water partition coefficient (Wildman–Crippen LogP) is 3.04. The fourth-order valence-corrected chi connectivity index (χ4v) is 4.39. The van der Waals surface area contributed by atoms with Gasteiger partial charge in [-0.15, -0.1) is 11.3 Å². The second kappa shape index (κ2) is 7.30. The summed E-state index contributed by atoms with van der Waals surface area (Å²) in [6, 6.07) is 4.16. The molecule has 0 saturated heterocycles. The van der Waals surface area contributed by atoms with E-state index in [2.05, 4.69) is 21.4 Å². The summed E-state index contributed by atoms with van der Waals surface area (Å²) in [5.74, 6) is 0.951. The third kappa shape index (κ3) is 3.75. The second-order valence-electron chi connectivity index (χ2n) is 6.50. The maximum absolute atomic E-state index is 12.6. The van der Waals surface area contributed by atoms with E-state index in [-0.39, 0.29) is 23.9 Å². The molecule has 0 aromatic carbocycles. The van der Waals surface area contributed by atoms with Crippen LogP contribution in [0.5, 0.6) is 0 Å². The Kier molecular flexibility index (Phi) is 5.14. The molecule has 1 saturated carbocycles. The summed E-state index contributed by atoms with van der Waals surface area (Å²) in [5, 5.41) is 5.21. The fourth-order valence-electron chi connectivity index (χ4n) is 3.52. The van der Waals surface area contributed by atoms with Gasteiger partial charge in [-0.1, -0.05) is 18.9 Å². The number of H-pyrrole nitrogens is 1. The van der Waals surface area contributed by atoms with Crippen LogP contribution in [0.15, 0.2) is 22.3 Å². The number of thiophene rings is 1. The molecule has 1 atom stereocenters. The van der Waals surface area contributed by atoms with E-state index in [0.717, 1.165) is 12.8 Å². The van der Waals surface area contributed by atoms with E-state index in [4.69, 9.17) is 0 Å². The van der Waals surface area contributed by atoms with Crippen LogP contribution < -0.4 is 10.9 Å². The van der Waals surface area contributed by atoms with Gasteiger partial charge in [0.1, 0.15) is 5.82 Å². The zero-order valence-electron chi connectivity index (χ0n) is 14.1. The van der Waals surface area contributed by atoms with Gasteiger partial charge in [0.05, 0.1) is 12.5 Å². The summed E-state index contributed by atoms with van der Waals surface area (Å²) < 4.78 is 0. The first-order chi connectivity index (χ1) is 11.5. The van der Waals surface area contributed by atoms with Crippen LogP contribution in [0.4, 0.5) is 0 Å². The van der Waals surface area contributed by atoms with Crippen LogP contribution in [0.1, 0.15) is 53.7 Å². The minimum atomic E-state index is -0.219. The third-order valence-corrected chi connectivity index (χ3v) is 5.67. The Hall–Kier alpha value is -1.95. The average molecular weight is 345 g/mol. The Morgan fingerprint density at radius 2 is 2.17 bits per heavy atom. The monoisotopic (exact) mass is 345 g/mol. The predicted molar refractivity (Wildman–Crippen MR) is 95.2 cm³/mol. The number of nitrogens with one attached hydrogen (secondary N) is 2. The minimum absolute atomic E-state index is 0.0535. The van der Waals surface area contributed by atoms with Gasteiger partial charge in [-0.25, -0.2) is 4.98 Å². The van der Waals surface area contributed by atoms with Crippen LogP contribution in [-0.2, 0) is 11.2 Å². The van der Waals surface area contributed by atoms with Crippen LogP contribution in [0.2, 0.25) is 0 Å². The molecule has 2 heterocycles. The molecule has 0 unspecified atom stereocenters. The molecule has 1 aliphatic carbocycles. The number of aromatic amines is 1. The SMILES string of the molecule is Cc1nc(C)c(CC(=O)N[C@H](c2cccs2)C2CCCC2)c(=O)[nH]1. The first kappa shape index (κ1) is 16.9. The Balaban J connectivity index is 1.76. The number of carbonyl (C=O) groups is 1. The quantitative estimate of drug-likeness (QED) is 0.874. The van der Waals surface area contributed by atoms with E-state index in [1.807, 2.05) is 11.4 Å². The van der Waals surface area contributed by atoms with E-state index in [1.54, 1.807) is 25.2 Å². The van der Waals surface area contributed by atoms with Crippen molar-refractivity contribution in [1.82, 2.24) is 15.3 Å². The molecule has 2 aromatic heterocycles. The highest BCUT2D eigenvalue weighted by atomic mass is 32.1. The van der Waals surface area contributed by atoms with Crippen molar-refractivity contribution in [2.75, 3.05) is 0 Å². The Bertz CT molecular complexity index is 761. The topological polar surface area (TPSA) is 74.8 Å². The van der Waals surface area contributed by atoms with Gasteiger partial charge in [0.2, 0.25) is 5.91 Å². The summed E-state index contributed by atoms with van der Waals surface area (Å²) >= 11 is 1.68. The molecular weight excluding hydrogens is 322 g/mol. The van der Waals surface area contributed by atoms with Gasteiger partial charge >= 0.3 is 0 Å². The smallest absolute Gasteiger partial charge is 0.254 e. The van der Waals surface area contributed by atoms with Crippen molar-refractivity contribution in [3.8, 4) is 0 Å². The van der Waals surface area contributed by atoms with Crippen molar-refractivity contribution in [3.63, 3.8) is 0 Å². The lowest BCUT2D eigenvalue weighted by Gasteiger charge is -2.24. The Labute approximate surface area is 145 Å². The van der Waals surface area contributed by atoms with Crippen molar-refractivity contribution in [2.45, 2.75) is 52.0 Å². The zero-order chi connectivity index (χ0) is 17.1. The lowest BCUT2D eigenvalue weighted by Crippen LogP contribution is -2.35. The number of aromatic nitrogens is 2. The first-order valence-electron chi connectivity index (χ1n) is 8.43. The molecule has 2 aromatic rings. The minimum Gasteiger partial charge on any atom is -0.348 e. The van der Waals surface area contributed by atoms with Gasteiger partial charge in [-0.3, -0.25) is 9.59 Å². The summed E-state index contributed by atoms with van der Waals surface area (Å²) in [6.45, 7) is 3.52. The number of hydrogen-bond acceptors (Lipinski definition) is 4. The van der Waals surface area contributed by atoms with Gasteiger partial charge < -0.3 is 10.3 Å². The molecule has 0 bridgehead atoms. The van der Waals surface area contributed by atoms with Gasteiger partial charge in [0.25, 0.3) is 5.56 Å². The van der Waals surface area contributed by atoms with Crippen LogP contribution in [0, 0.1) is 19.8 Å². The number of carbonyl (C=O) groups excluding carboxylic acids is 1. The summed E-state index contributed by atoms with van der Waals surface area (Å²) in [4.78, 5) is 32.8. The molecular formula is C18H23N3O2S.